The van der Waals surface area contributed by atoms with Gasteiger partial charge in [0.15, 0.2) is 0 Å². The van der Waals surface area contributed by atoms with Gasteiger partial charge < -0.3 is 10.1 Å². The lowest BCUT2D eigenvalue weighted by Gasteiger charge is -2.16. The van der Waals surface area contributed by atoms with Crippen molar-refractivity contribution >= 4 is 5.95 Å². The molecular formula is C15H19N5O. The lowest BCUT2D eigenvalue weighted by atomic mass is 10.2. The molecule has 1 atom stereocenters. The van der Waals surface area contributed by atoms with Gasteiger partial charge >= 0.3 is 0 Å². The van der Waals surface area contributed by atoms with Crippen molar-refractivity contribution in [3.63, 3.8) is 0 Å². The van der Waals surface area contributed by atoms with Crippen molar-refractivity contribution in [1.29, 1.82) is 0 Å². The first-order valence-corrected chi connectivity index (χ1v) is 7.08. The van der Waals surface area contributed by atoms with E-state index in [1.54, 1.807) is 25.6 Å². The minimum atomic E-state index is 0.369. The van der Waals surface area contributed by atoms with Crippen molar-refractivity contribution in [2.24, 2.45) is 0 Å². The van der Waals surface area contributed by atoms with E-state index >= 15 is 0 Å². The first-order chi connectivity index (χ1) is 10.3. The van der Waals surface area contributed by atoms with Crippen LogP contribution in [0.4, 0.5) is 5.95 Å². The second-order valence-electron chi connectivity index (χ2n) is 5.15. The molecule has 0 aromatic carbocycles. The molecular weight excluding hydrogens is 266 g/mol. The van der Waals surface area contributed by atoms with Gasteiger partial charge in [-0.1, -0.05) is 6.07 Å². The predicted molar refractivity (Wildman–Crippen MR) is 80.1 cm³/mol. The van der Waals surface area contributed by atoms with Gasteiger partial charge in [-0.3, -0.25) is 9.88 Å². The highest BCUT2D eigenvalue weighted by Crippen LogP contribution is 2.16. The Morgan fingerprint density at radius 2 is 2.33 bits per heavy atom. The fourth-order valence-corrected chi connectivity index (χ4v) is 2.55. The molecule has 2 aromatic rings. The summed E-state index contributed by atoms with van der Waals surface area (Å²) in [6.07, 6.45) is 6.52. The maximum absolute atomic E-state index is 5.11. The summed E-state index contributed by atoms with van der Waals surface area (Å²) in [6, 6.07) is 6.20. The Kier molecular flexibility index (Phi) is 4.25. The fraction of sp³-hybridized carbons (Fsp3) is 0.400. The molecule has 3 rings (SSSR count). The molecule has 0 bridgehead atoms. The van der Waals surface area contributed by atoms with E-state index in [1.807, 2.05) is 12.3 Å². The average Bonchev–Trinajstić information content (AvgIpc) is 2.95. The molecule has 1 aliphatic rings. The highest BCUT2D eigenvalue weighted by molar-refractivity contribution is 5.29. The van der Waals surface area contributed by atoms with E-state index in [9.17, 15) is 0 Å². The molecule has 110 valence electrons. The number of anilines is 1. The zero-order chi connectivity index (χ0) is 14.5. The standard InChI is InChI=1S/C15H19N5O/c1-21-14-4-7-17-15(19-14)18-13-5-8-20(11-13)10-12-3-2-6-16-9-12/h2-4,6-7,9,13H,5,8,10-11H2,1H3,(H,17,18,19). The Bertz CT molecular complexity index is 577. The highest BCUT2D eigenvalue weighted by Gasteiger charge is 2.23. The van der Waals surface area contributed by atoms with Crippen LogP contribution in [-0.4, -0.2) is 46.1 Å². The van der Waals surface area contributed by atoms with Gasteiger partial charge in [0.1, 0.15) is 0 Å². The Morgan fingerprint density at radius 1 is 1.38 bits per heavy atom. The summed E-state index contributed by atoms with van der Waals surface area (Å²) in [5.74, 6) is 1.21. The number of ether oxygens (including phenoxy) is 1. The third-order valence-electron chi connectivity index (χ3n) is 3.57. The van der Waals surface area contributed by atoms with Crippen LogP contribution in [0.2, 0.25) is 0 Å². The summed E-state index contributed by atoms with van der Waals surface area (Å²) in [4.78, 5) is 15.1. The Hall–Kier alpha value is -2.21. The van der Waals surface area contributed by atoms with Gasteiger partial charge in [0.05, 0.1) is 7.11 Å². The van der Waals surface area contributed by atoms with Gasteiger partial charge in [-0.25, -0.2) is 4.98 Å². The van der Waals surface area contributed by atoms with Crippen molar-refractivity contribution < 1.29 is 4.74 Å². The van der Waals surface area contributed by atoms with Crippen LogP contribution < -0.4 is 10.1 Å². The molecule has 1 aliphatic heterocycles. The third-order valence-corrected chi connectivity index (χ3v) is 3.57. The monoisotopic (exact) mass is 285 g/mol. The van der Waals surface area contributed by atoms with Crippen LogP contribution in [0.25, 0.3) is 0 Å². The number of hydrogen-bond acceptors (Lipinski definition) is 6. The zero-order valence-electron chi connectivity index (χ0n) is 12.1. The topological polar surface area (TPSA) is 63.2 Å². The molecule has 0 saturated carbocycles. The van der Waals surface area contributed by atoms with Crippen molar-refractivity contribution in [2.75, 3.05) is 25.5 Å². The molecule has 0 aliphatic carbocycles. The summed E-state index contributed by atoms with van der Waals surface area (Å²) in [5.41, 5.74) is 1.25. The smallest absolute Gasteiger partial charge is 0.226 e. The maximum atomic E-state index is 5.11. The summed E-state index contributed by atoms with van der Waals surface area (Å²) in [6.45, 7) is 2.98. The molecule has 0 amide bonds. The SMILES string of the molecule is COc1ccnc(NC2CCN(Cc3cccnc3)C2)n1. The maximum Gasteiger partial charge on any atom is 0.226 e. The number of nitrogens with one attached hydrogen (secondary N) is 1. The molecule has 6 nitrogen and oxygen atoms in total. The van der Waals surface area contributed by atoms with Crippen molar-refractivity contribution in [3.8, 4) is 5.88 Å². The van der Waals surface area contributed by atoms with Crippen LogP contribution in [0.1, 0.15) is 12.0 Å². The van der Waals surface area contributed by atoms with Gasteiger partial charge in [0.2, 0.25) is 11.8 Å². The van der Waals surface area contributed by atoms with E-state index in [2.05, 4.69) is 31.2 Å². The molecule has 1 saturated heterocycles. The molecule has 6 heteroatoms. The van der Waals surface area contributed by atoms with Gasteiger partial charge in [0.25, 0.3) is 0 Å². The summed E-state index contributed by atoms with van der Waals surface area (Å²) >= 11 is 0. The first kappa shape index (κ1) is 13.8. The van der Waals surface area contributed by atoms with Crippen molar-refractivity contribution in [2.45, 2.75) is 19.0 Å². The quantitative estimate of drug-likeness (QED) is 0.899. The van der Waals surface area contributed by atoms with Gasteiger partial charge in [-0.15, -0.1) is 0 Å². The van der Waals surface area contributed by atoms with Crippen LogP contribution in [0.3, 0.4) is 0 Å². The molecule has 1 unspecified atom stereocenters. The number of hydrogen-bond donors (Lipinski definition) is 1. The largest absolute Gasteiger partial charge is 0.481 e. The first-order valence-electron chi connectivity index (χ1n) is 7.08. The van der Waals surface area contributed by atoms with Gasteiger partial charge in [0, 0.05) is 50.3 Å². The minimum Gasteiger partial charge on any atom is -0.481 e. The number of nitrogens with zero attached hydrogens (tertiary/aromatic N) is 4. The molecule has 3 heterocycles. The van der Waals surface area contributed by atoms with Crippen LogP contribution >= 0.6 is 0 Å². The van der Waals surface area contributed by atoms with E-state index in [0.717, 1.165) is 26.1 Å². The normalized spacial score (nSPS) is 18.6. The molecule has 1 fully saturated rings. The average molecular weight is 285 g/mol. The van der Waals surface area contributed by atoms with E-state index < -0.39 is 0 Å². The van der Waals surface area contributed by atoms with Crippen molar-refractivity contribution in [1.82, 2.24) is 19.9 Å². The second kappa shape index (κ2) is 6.49. The summed E-state index contributed by atoms with van der Waals surface area (Å²) in [7, 11) is 1.61. The number of likely N-dealkylation sites (tertiary alicyclic amines) is 1. The molecule has 1 N–H and O–H groups in total. The van der Waals surface area contributed by atoms with E-state index in [0.29, 0.717) is 17.9 Å². The van der Waals surface area contributed by atoms with E-state index in [4.69, 9.17) is 4.74 Å². The van der Waals surface area contributed by atoms with Gasteiger partial charge in [-0.05, 0) is 18.1 Å². The Labute approximate surface area is 124 Å². The second-order valence-corrected chi connectivity index (χ2v) is 5.15. The molecule has 0 radical (unpaired) electrons. The predicted octanol–water partition coefficient (Wildman–Crippen LogP) is 1.57. The van der Waals surface area contributed by atoms with E-state index in [-0.39, 0.29) is 0 Å². The fourth-order valence-electron chi connectivity index (χ4n) is 2.55. The molecule has 21 heavy (non-hydrogen) atoms. The van der Waals surface area contributed by atoms with Crippen LogP contribution in [0.15, 0.2) is 36.8 Å². The Balaban J connectivity index is 1.54. The van der Waals surface area contributed by atoms with E-state index in [1.165, 1.54) is 5.56 Å². The lowest BCUT2D eigenvalue weighted by molar-refractivity contribution is 0.328. The highest BCUT2D eigenvalue weighted by atomic mass is 16.5. The third kappa shape index (κ3) is 3.66. The van der Waals surface area contributed by atoms with Crippen LogP contribution in [0.5, 0.6) is 5.88 Å². The number of methoxy groups -OCH3 is 1. The van der Waals surface area contributed by atoms with Crippen LogP contribution in [0, 0.1) is 0 Å². The number of aromatic nitrogens is 3. The summed E-state index contributed by atoms with van der Waals surface area (Å²) in [5, 5.41) is 3.37. The molecule has 2 aromatic heterocycles. The van der Waals surface area contributed by atoms with Crippen molar-refractivity contribution in [3.05, 3.63) is 42.4 Å². The number of rotatable bonds is 5. The zero-order valence-corrected chi connectivity index (χ0v) is 12.1. The Morgan fingerprint density at radius 3 is 3.14 bits per heavy atom. The van der Waals surface area contributed by atoms with Gasteiger partial charge in [-0.2, -0.15) is 4.98 Å². The number of pyridine rings is 1. The molecule has 0 spiro atoms. The minimum absolute atomic E-state index is 0.369. The summed E-state index contributed by atoms with van der Waals surface area (Å²) < 4.78 is 5.11. The van der Waals surface area contributed by atoms with Crippen LogP contribution in [-0.2, 0) is 6.54 Å². The lowest BCUT2D eigenvalue weighted by Crippen LogP contribution is -2.26.